The Bertz CT molecular complexity index is 1410. The number of para-hydroxylation sites is 2. The van der Waals surface area contributed by atoms with Gasteiger partial charge in [0.25, 0.3) is 5.91 Å². The Balaban J connectivity index is 1.49. The van der Waals surface area contributed by atoms with Crippen molar-refractivity contribution in [3.05, 3.63) is 94.7 Å². The van der Waals surface area contributed by atoms with Crippen molar-refractivity contribution in [2.24, 2.45) is 4.99 Å². The van der Waals surface area contributed by atoms with Gasteiger partial charge in [-0.05, 0) is 49.4 Å². The number of rotatable bonds is 4. The molecule has 1 unspecified atom stereocenters. The minimum atomic E-state index is -0.682. The minimum Gasteiger partial charge on any atom is -0.508 e. The number of amides is 1. The van der Waals surface area contributed by atoms with E-state index < -0.39 is 6.04 Å². The van der Waals surface area contributed by atoms with Crippen LogP contribution in [0.3, 0.4) is 0 Å². The van der Waals surface area contributed by atoms with Gasteiger partial charge in [-0.2, -0.15) is 4.98 Å². The monoisotopic (exact) mass is 473 g/mol. The molecule has 0 radical (unpaired) electrons. The van der Waals surface area contributed by atoms with Gasteiger partial charge in [-0.3, -0.25) is 10.1 Å². The van der Waals surface area contributed by atoms with E-state index in [1.807, 2.05) is 42.5 Å². The van der Waals surface area contributed by atoms with E-state index in [0.29, 0.717) is 44.6 Å². The second kappa shape index (κ2) is 8.92. The summed E-state index contributed by atoms with van der Waals surface area (Å²) in [5.74, 6) is 0.140. The number of aromatic hydroxyl groups is 1. The molecule has 1 atom stereocenters. The van der Waals surface area contributed by atoms with Gasteiger partial charge in [0, 0.05) is 22.0 Å². The number of carbonyl (C=O) groups excluding carboxylic acids is 1. The fourth-order valence-electron chi connectivity index (χ4n) is 3.73. The Kier molecular flexibility index (Phi) is 5.65. The number of benzene rings is 3. The molecule has 0 bridgehead atoms. The molecule has 1 aliphatic heterocycles. The summed E-state index contributed by atoms with van der Waals surface area (Å²) in [6.07, 6.45) is 0. The molecular formula is C25H20ClN5O3. The van der Waals surface area contributed by atoms with E-state index in [1.165, 1.54) is 12.1 Å². The summed E-state index contributed by atoms with van der Waals surface area (Å²) in [6, 6.07) is 20.5. The predicted octanol–water partition coefficient (Wildman–Crippen LogP) is 5.21. The first-order chi connectivity index (χ1) is 16.5. The number of hydrogen-bond acceptors (Lipinski definition) is 7. The number of halogens is 1. The van der Waals surface area contributed by atoms with Crippen LogP contribution in [0.4, 0.5) is 11.7 Å². The maximum atomic E-state index is 13.3. The van der Waals surface area contributed by atoms with Crippen LogP contribution in [0.5, 0.6) is 5.75 Å². The van der Waals surface area contributed by atoms with Gasteiger partial charge >= 0.3 is 6.01 Å². The van der Waals surface area contributed by atoms with Gasteiger partial charge in [-0.15, -0.1) is 0 Å². The summed E-state index contributed by atoms with van der Waals surface area (Å²) >= 11 is 6.49. The Labute approximate surface area is 200 Å². The molecule has 0 saturated carbocycles. The molecule has 5 rings (SSSR count). The van der Waals surface area contributed by atoms with Crippen molar-refractivity contribution < 1.29 is 14.3 Å². The molecule has 8 nitrogen and oxygen atoms in total. The van der Waals surface area contributed by atoms with Gasteiger partial charge in [-0.25, -0.2) is 4.99 Å². The average Bonchev–Trinajstić information content (AvgIpc) is 3.22. The molecule has 170 valence electrons. The first kappa shape index (κ1) is 21.5. The van der Waals surface area contributed by atoms with Crippen LogP contribution in [-0.4, -0.2) is 22.0 Å². The molecule has 4 N–H and O–H groups in total. The summed E-state index contributed by atoms with van der Waals surface area (Å²) in [7, 11) is 0. The third kappa shape index (κ3) is 4.31. The van der Waals surface area contributed by atoms with Crippen LogP contribution in [-0.2, 0) is 4.79 Å². The van der Waals surface area contributed by atoms with Gasteiger partial charge < -0.3 is 20.2 Å². The smallest absolute Gasteiger partial charge is 0.302 e. The van der Waals surface area contributed by atoms with E-state index in [9.17, 15) is 9.90 Å². The lowest BCUT2D eigenvalue weighted by Crippen LogP contribution is -2.37. The third-order valence-corrected chi connectivity index (χ3v) is 5.67. The summed E-state index contributed by atoms with van der Waals surface area (Å²) < 4.78 is 5.75. The zero-order valence-electron chi connectivity index (χ0n) is 18.0. The molecule has 1 aromatic heterocycles. The Morgan fingerprint density at radius 1 is 1.06 bits per heavy atom. The predicted molar refractivity (Wildman–Crippen MR) is 132 cm³/mol. The van der Waals surface area contributed by atoms with Crippen molar-refractivity contribution >= 4 is 46.3 Å². The standard InChI is InChI=1S/C25H20ClN5O3/c1-14-21(23(33)28-15-10-12-16(32)13-11-15)22(17-6-2-3-7-18(17)26)30-24(27-14)31-25-29-19-8-4-5-9-20(19)34-25/h2-13,22,32H,1H3,(H,28,33)(H2,27,29,30,31). The van der Waals surface area contributed by atoms with Crippen LogP contribution in [0, 0.1) is 0 Å². The molecule has 9 heteroatoms. The molecule has 1 amide bonds. The summed E-state index contributed by atoms with van der Waals surface area (Å²) in [4.78, 5) is 22.5. The van der Waals surface area contributed by atoms with Crippen LogP contribution < -0.4 is 16.0 Å². The normalized spacial score (nSPS) is 15.6. The number of hydrogen-bond donors (Lipinski definition) is 4. The topological polar surface area (TPSA) is 112 Å². The van der Waals surface area contributed by atoms with Gasteiger partial charge in [0.05, 0.1) is 5.57 Å². The number of phenolic OH excluding ortho intramolecular Hbond substituents is 1. The molecule has 4 aromatic rings. The van der Waals surface area contributed by atoms with Crippen LogP contribution >= 0.6 is 11.6 Å². The van der Waals surface area contributed by atoms with E-state index in [0.717, 1.165) is 0 Å². The van der Waals surface area contributed by atoms with Crippen molar-refractivity contribution in [3.63, 3.8) is 0 Å². The highest BCUT2D eigenvalue weighted by atomic mass is 35.5. The molecule has 3 aromatic carbocycles. The van der Waals surface area contributed by atoms with Crippen LogP contribution in [0.25, 0.3) is 11.1 Å². The number of carbonyl (C=O) groups is 1. The first-order valence-electron chi connectivity index (χ1n) is 10.5. The Hall–Kier alpha value is -4.30. The number of fused-ring (bicyclic) bond motifs is 1. The van der Waals surface area contributed by atoms with Crippen molar-refractivity contribution in [2.75, 3.05) is 10.6 Å². The van der Waals surface area contributed by atoms with Gasteiger partial charge in [0.15, 0.2) is 5.58 Å². The fraction of sp³-hybridized carbons (Fsp3) is 0.0800. The van der Waals surface area contributed by atoms with Crippen molar-refractivity contribution in [1.29, 1.82) is 0 Å². The van der Waals surface area contributed by atoms with Gasteiger partial charge in [0.1, 0.15) is 17.3 Å². The molecule has 0 fully saturated rings. The number of anilines is 2. The van der Waals surface area contributed by atoms with Crippen LogP contribution in [0.15, 0.2) is 93.5 Å². The number of guanidine groups is 1. The van der Waals surface area contributed by atoms with Crippen molar-refractivity contribution in [1.82, 2.24) is 10.3 Å². The highest BCUT2D eigenvalue weighted by Crippen LogP contribution is 2.35. The lowest BCUT2D eigenvalue weighted by molar-refractivity contribution is -0.113. The number of aliphatic imine (C=N–C) groups is 1. The van der Waals surface area contributed by atoms with E-state index in [2.05, 4.69) is 20.9 Å². The summed E-state index contributed by atoms with van der Waals surface area (Å²) in [5, 5.41) is 19.1. The highest BCUT2D eigenvalue weighted by Gasteiger charge is 2.31. The number of allylic oxidation sites excluding steroid dienone is 1. The second-order valence-electron chi connectivity index (χ2n) is 7.68. The molecule has 0 saturated heterocycles. The Morgan fingerprint density at radius 3 is 2.56 bits per heavy atom. The lowest BCUT2D eigenvalue weighted by Gasteiger charge is -2.27. The Morgan fingerprint density at radius 2 is 1.79 bits per heavy atom. The third-order valence-electron chi connectivity index (χ3n) is 5.33. The molecule has 1 aliphatic rings. The van der Waals surface area contributed by atoms with E-state index in [4.69, 9.17) is 21.0 Å². The number of nitrogens with zero attached hydrogens (tertiary/aromatic N) is 2. The van der Waals surface area contributed by atoms with Crippen molar-refractivity contribution in [3.8, 4) is 5.75 Å². The van der Waals surface area contributed by atoms with Crippen LogP contribution in [0.1, 0.15) is 18.5 Å². The molecular weight excluding hydrogens is 454 g/mol. The van der Waals surface area contributed by atoms with E-state index in [-0.39, 0.29) is 17.7 Å². The molecule has 0 spiro atoms. The quantitative estimate of drug-likeness (QED) is 0.303. The minimum absolute atomic E-state index is 0.112. The van der Waals surface area contributed by atoms with E-state index in [1.54, 1.807) is 25.1 Å². The lowest BCUT2D eigenvalue weighted by atomic mass is 9.95. The molecule has 2 heterocycles. The number of nitrogens with one attached hydrogen (secondary N) is 3. The molecule has 0 aliphatic carbocycles. The summed E-state index contributed by atoms with van der Waals surface area (Å²) in [6.45, 7) is 1.79. The van der Waals surface area contributed by atoms with E-state index >= 15 is 0 Å². The zero-order valence-corrected chi connectivity index (χ0v) is 18.8. The zero-order chi connectivity index (χ0) is 23.7. The average molecular weight is 474 g/mol. The van der Waals surface area contributed by atoms with Gasteiger partial charge in [0.2, 0.25) is 5.96 Å². The largest absolute Gasteiger partial charge is 0.508 e. The number of phenols is 1. The number of oxazole rings is 1. The molecule has 34 heavy (non-hydrogen) atoms. The van der Waals surface area contributed by atoms with Crippen LogP contribution in [0.2, 0.25) is 5.02 Å². The second-order valence-corrected chi connectivity index (χ2v) is 8.09. The number of aromatic nitrogens is 1. The first-order valence-corrected chi connectivity index (χ1v) is 10.9. The summed E-state index contributed by atoms with van der Waals surface area (Å²) in [5.41, 5.74) is 3.58. The SMILES string of the molecule is CC1=C(C(=O)Nc2ccc(O)cc2)C(c2ccccc2Cl)N=C(Nc2nc3ccccc3o2)N1. The van der Waals surface area contributed by atoms with Crippen molar-refractivity contribution in [2.45, 2.75) is 13.0 Å². The highest BCUT2D eigenvalue weighted by molar-refractivity contribution is 6.31. The fourth-order valence-corrected chi connectivity index (χ4v) is 3.97. The maximum absolute atomic E-state index is 13.3. The maximum Gasteiger partial charge on any atom is 0.302 e. The van der Waals surface area contributed by atoms with Gasteiger partial charge in [-0.1, -0.05) is 41.9 Å².